The summed E-state index contributed by atoms with van der Waals surface area (Å²) in [6.07, 6.45) is 5.08. The van der Waals surface area contributed by atoms with E-state index in [0.717, 1.165) is 37.2 Å². The van der Waals surface area contributed by atoms with Crippen molar-refractivity contribution in [2.24, 2.45) is 10.9 Å². The molecule has 1 aliphatic heterocycles. The second-order valence-electron chi connectivity index (χ2n) is 4.94. The minimum Gasteiger partial charge on any atom is -0.466 e. The molecule has 0 atom stereocenters. The molecule has 5 nitrogen and oxygen atoms in total. The highest BCUT2D eigenvalue weighted by molar-refractivity contribution is 5.76. The third-order valence-electron chi connectivity index (χ3n) is 3.76. The third kappa shape index (κ3) is 3.29. The third-order valence-corrected chi connectivity index (χ3v) is 3.76. The Hall–Kier alpha value is -2.17. The monoisotopic (exact) mass is 287 g/mol. The summed E-state index contributed by atoms with van der Waals surface area (Å²) in [6.45, 7) is 11.3. The number of rotatable bonds is 5. The Morgan fingerprint density at radius 1 is 1.57 bits per heavy atom. The molecule has 1 aliphatic rings. The number of nitrogens with zero attached hydrogens (tertiary/aromatic N) is 3. The van der Waals surface area contributed by atoms with E-state index in [1.165, 1.54) is 0 Å². The van der Waals surface area contributed by atoms with E-state index >= 15 is 0 Å². The first kappa shape index (κ1) is 15.2. The molecular weight excluding hydrogens is 266 g/mol. The summed E-state index contributed by atoms with van der Waals surface area (Å²) < 4.78 is 5.10. The predicted molar refractivity (Wildman–Crippen MR) is 85.1 cm³/mol. The Balaban J connectivity index is 2.11. The number of carbonyl (C=O) groups is 1. The maximum absolute atomic E-state index is 11.8. The van der Waals surface area contributed by atoms with Crippen molar-refractivity contribution >= 4 is 30.3 Å². The van der Waals surface area contributed by atoms with Crippen molar-refractivity contribution < 1.29 is 9.53 Å². The Morgan fingerprint density at radius 3 is 2.86 bits per heavy atom. The topological polar surface area (TPSA) is 54.8 Å². The normalized spacial score (nSPS) is 15.6. The van der Waals surface area contributed by atoms with Crippen LogP contribution in [-0.4, -0.2) is 37.4 Å². The highest BCUT2D eigenvalue weighted by Crippen LogP contribution is 2.31. The largest absolute Gasteiger partial charge is 0.466 e. The fourth-order valence-corrected chi connectivity index (χ4v) is 2.67. The molecule has 1 aromatic rings. The zero-order chi connectivity index (χ0) is 15.2. The maximum atomic E-state index is 11.8. The number of hydrogen-bond acceptors (Lipinski definition) is 5. The molecule has 0 saturated carbocycles. The van der Waals surface area contributed by atoms with E-state index < -0.39 is 0 Å². The lowest BCUT2D eigenvalue weighted by atomic mass is 9.96. The number of ether oxygens (including phenoxy) is 1. The van der Waals surface area contributed by atoms with Crippen LogP contribution in [0.15, 0.2) is 23.8 Å². The molecule has 5 heteroatoms. The summed E-state index contributed by atoms with van der Waals surface area (Å²) in [5, 5.41) is 0. The van der Waals surface area contributed by atoms with Crippen molar-refractivity contribution in [2.75, 3.05) is 24.6 Å². The number of piperidine rings is 1. The van der Waals surface area contributed by atoms with Crippen LogP contribution in [0, 0.1) is 5.92 Å². The molecule has 0 N–H and O–H groups in total. The van der Waals surface area contributed by atoms with Gasteiger partial charge in [0.05, 0.1) is 12.5 Å². The highest BCUT2D eigenvalue weighted by Gasteiger charge is 2.27. The van der Waals surface area contributed by atoms with Gasteiger partial charge in [-0.3, -0.25) is 4.79 Å². The van der Waals surface area contributed by atoms with Crippen molar-refractivity contribution in [3.63, 3.8) is 0 Å². The van der Waals surface area contributed by atoms with E-state index in [1.807, 2.05) is 13.0 Å². The number of aromatic nitrogens is 1. The van der Waals surface area contributed by atoms with Crippen molar-refractivity contribution in [3.05, 3.63) is 24.4 Å². The lowest BCUT2D eigenvalue weighted by Crippen LogP contribution is -2.37. The summed E-state index contributed by atoms with van der Waals surface area (Å²) in [5.74, 6) is 0.520. The Morgan fingerprint density at radius 2 is 2.29 bits per heavy atom. The van der Waals surface area contributed by atoms with Crippen molar-refractivity contribution in [1.29, 1.82) is 0 Å². The van der Waals surface area contributed by atoms with E-state index in [9.17, 15) is 4.79 Å². The molecule has 2 heterocycles. The SMILES string of the molecule is C=Cc1c(N2CCC(C(=O)OCC)CC2)ccnc1N=C. The van der Waals surface area contributed by atoms with Gasteiger partial charge in [-0.15, -0.1) is 0 Å². The molecule has 0 aliphatic carbocycles. The molecule has 0 amide bonds. The van der Waals surface area contributed by atoms with Crippen LogP contribution in [0.3, 0.4) is 0 Å². The van der Waals surface area contributed by atoms with Gasteiger partial charge in [0.25, 0.3) is 0 Å². The Bertz CT molecular complexity index is 534. The summed E-state index contributed by atoms with van der Waals surface area (Å²) in [4.78, 5) is 22.1. The number of aliphatic imine (C=N–C) groups is 1. The summed E-state index contributed by atoms with van der Waals surface area (Å²) >= 11 is 0. The number of carbonyl (C=O) groups excluding carboxylic acids is 1. The van der Waals surface area contributed by atoms with E-state index in [2.05, 4.69) is 28.2 Å². The fourth-order valence-electron chi connectivity index (χ4n) is 2.67. The number of hydrogen-bond donors (Lipinski definition) is 0. The standard InChI is InChI=1S/C16H21N3O2/c1-4-13-14(6-9-18-15(13)17-3)19-10-7-12(8-11-19)16(20)21-5-2/h4,6,9,12H,1,3,5,7-8,10-11H2,2H3. The number of esters is 1. The first-order chi connectivity index (χ1) is 10.2. The quantitative estimate of drug-likeness (QED) is 0.617. The van der Waals surface area contributed by atoms with Crippen LogP contribution in [0.25, 0.3) is 6.08 Å². The van der Waals surface area contributed by atoms with Crippen LogP contribution < -0.4 is 4.90 Å². The highest BCUT2D eigenvalue weighted by atomic mass is 16.5. The molecule has 0 aromatic carbocycles. The van der Waals surface area contributed by atoms with Gasteiger partial charge in [0.1, 0.15) is 0 Å². The van der Waals surface area contributed by atoms with Gasteiger partial charge < -0.3 is 9.64 Å². The minimum atomic E-state index is -0.0794. The lowest BCUT2D eigenvalue weighted by Gasteiger charge is -2.33. The van der Waals surface area contributed by atoms with Gasteiger partial charge in [0.2, 0.25) is 0 Å². The lowest BCUT2D eigenvalue weighted by molar-refractivity contribution is -0.148. The number of pyridine rings is 1. The molecule has 1 aromatic heterocycles. The van der Waals surface area contributed by atoms with Crippen molar-refractivity contribution in [2.45, 2.75) is 19.8 Å². The number of anilines is 1. The summed E-state index contributed by atoms with van der Waals surface area (Å²) in [5.41, 5.74) is 1.94. The molecule has 0 unspecified atom stereocenters. The second-order valence-corrected chi connectivity index (χ2v) is 4.94. The van der Waals surface area contributed by atoms with Crippen LogP contribution >= 0.6 is 0 Å². The van der Waals surface area contributed by atoms with Crippen LogP contribution in [-0.2, 0) is 9.53 Å². The van der Waals surface area contributed by atoms with Gasteiger partial charge in [-0.1, -0.05) is 12.7 Å². The van der Waals surface area contributed by atoms with Crippen molar-refractivity contribution in [1.82, 2.24) is 4.98 Å². The van der Waals surface area contributed by atoms with Crippen molar-refractivity contribution in [3.8, 4) is 0 Å². The first-order valence-electron chi connectivity index (χ1n) is 7.21. The Labute approximate surface area is 125 Å². The summed E-state index contributed by atoms with van der Waals surface area (Å²) in [6, 6.07) is 1.95. The Kier molecular flexibility index (Phi) is 5.09. The molecule has 0 radical (unpaired) electrons. The molecule has 112 valence electrons. The van der Waals surface area contributed by atoms with Gasteiger partial charge in [0.15, 0.2) is 5.82 Å². The fraction of sp³-hybridized carbons (Fsp3) is 0.438. The van der Waals surface area contributed by atoms with Gasteiger partial charge in [-0.2, -0.15) is 0 Å². The van der Waals surface area contributed by atoms with Gasteiger partial charge >= 0.3 is 5.97 Å². The van der Waals surface area contributed by atoms with Gasteiger partial charge in [-0.05, 0) is 32.5 Å². The minimum absolute atomic E-state index is 0.00668. The predicted octanol–water partition coefficient (Wildman–Crippen LogP) is 2.84. The molecule has 2 rings (SSSR count). The zero-order valence-electron chi connectivity index (χ0n) is 12.4. The zero-order valence-corrected chi connectivity index (χ0v) is 12.4. The molecular formula is C16H21N3O2. The van der Waals surface area contributed by atoms with Crippen LogP contribution in [0.1, 0.15) is 25.3 Å². The van der Waals surface area contributed by atoms with E-state index in [1.54, 1.807) is 12.3 Å². The van der Waals surface area contributed by atoms with E-state index in [-0.39, 0.29) is 11.9 Å². The van der Waals surface area contributed by atoms with Crippen LogP contribution in [0.2, 0.25) is 0 Å². The average molecular weight is 287 g/mol. The second kappa shape index (κ2) is 7.02. The molecule has 1 fully saturated rings. The molecule has 0 bridgehead atoms. The van der Waals surface area contributed by atoms with Crippen LogP contribution in [0.4, 0.5) is 11.5 Å². The van der Waals surface area contributed by atoms with Gasteiger partial charge in [0, 0.05) is 30.5 Å². The summed E-state index contributed by atoms with van der Waals surface area (Å²) in [7, 11) is 0. The maximum Gasteiger partial charge on any atom is 0.309 e. The molecule has 1 saturated heterocycles. The van der Waals surface area contributed by atoms with Gasteiger partial charge in [-0.25, -0.2) is 9.98 Å². The van der Waals surface area contributed by atoms with E-state index in [4.69, 9.17) is 4.74 Å². The molecule has 0 spiro atoms. The molecule has 21 heavy (non-hydrogen) atoms. The van der Waals surface area contributed by atoms with Crippen LogP contribution in [0.5, 0.6) is 0 Å². The van der Waals surface area contributed by atoms with E-state index in [0.29, 0.717) is 12.4 Å². The average Bonchev–Trinajstić information content (AvgIpc) is 2.54. The smallest absolute Gasteiger partial charge is 0.309 e. The first-order valence-corrected chi connectivity index (χ1v) is 7.21.